The summed E-state index contributed by atoms with van der Waals surface area (Å²) in [6.45, 7) is 21.3. The highest BCUT2D eigenvalue weighted by molar-refractivity contribution is 6.02. The van der Waals surface area contributed by atoms with Crippen molar-refractivity contribution in [1.29, 1.82) is 0 Å². The summed E-state index contributed by atoms with van der Waals surface area (Å²) in [6.07, 6.45) is 10.4. The van der Waals surface area contributed by atoms with Crippen molar-refractivity contribution < 1.29 is 23.8 Å². The van der Waals surface area contributed by atoms with Gasteiger partial charge in [0, 0.05) is 14.2 Å². The van der Waals surface area contributed by atoms with Gasteiger partial charge >= 0.3 is 11.9 Å². The number of methoxy groups -OCH3 is 2. The Kier molecular flexibility index (Phi) is 10.7. The van der Waals surface area contributed by atoms with Crippen molar-refractivity contribution in [1.82, 2.24) is 0 Å². The zero-order valence-corrected chi connectivity index (χ0v) is 38.3. The van der Waals surface area contributed by atoms with Crippen LogP contribution in [0.5, 0.6) is 0 Å². The van der Waals surface area contributed by atoms with Crippen LogP contribution in [0.15, 0.2) is 78.9 Å². The lowest BCUT2D eigenvalue weighted by molar-refractivity contribution is -0.0101. The van der Waals surface area contributed by atoms with Crippen molar-refractivity contribution in [3.05, 3.63) is 140 Å². The van der Waals surface area contributed by atoms with E-state index >= 15 is 0 Å². The Morgan fingerprint density at radius 2 is 0.917 bits per heavy atom. The Bertz CT molecular complexity index is 2290. The van der Waals surface area contributed by atoms with Crippen LogP contribution in [0.3, 0.4) is 0 Å². The standard InChI is InChI=1S/C55H68O5/c1-35-30-45-47(53(8,9)29-28-51(45,4)5)32-43(35)40-23-25-55(34-40,59-11)42-19-14-37(15-20-42)49(57)60-48(56)36-12-17-41(18-13-36)54(58-10)24-22-39(33-54)38-16-21-44-46(31-38)52(6,7)27-26-50(44,2)3/h12-21,30-32,39-40H,22-29,33-34H2,1-11H3. The molecule has 0 spiro atoms. The smallest absolute Gasteiger partial charge is 0.346 e. The van der Waals surface area contributed by atoms with E-state index in [-0.39, 0.29) is 21.7 Å². The number of carbonyl (C=O) groups is 2. The molecule has 4 atom stereocenters. The first kappa shape index (κ1) is 42.6. The van der Waals surface area contributed by atoms with E-state index < -0.39 is 23.1 Å². The maximum Gasteiger partial charge on any atom is 0.346 e. The lowest BCUT2D eigenvalue weighted by Gasteiger charge is -2.42. The zero-order chi connectivity index (χ0) is 43.0. The summed E-state index contributed by atoms with van der Waals surface area (Å²) in [6, 6.07) is 27.1. The number of fused-ring (bicyclic) bond motifs is 2. The quantitative estimate of drug-likeness (QED) is 0.131. The van der Waals surface area contributed by atoms with Crippen LogP contribution >= 0.6 is 0 Å². The van der Waals surface area contributed by atoms with Crippen molar-refractivity contribution >= 4 is 11.9 Å². The molecule has 0 aromatic heterocycles. The number of carbonyl (C=O) groups excluding carboxylic acids is 2. The second kappa shape index (κ2) is 15.1. The molecule has 4 aliphatic rings. The molecule has 318 valence electrons. The monoisotopic (exact) mass is 809 g/mol. The Hall–Kier alpha value is -4.06. The third-order valence-electron chi connectivity index (χ3n) is 16.2. The predicted molar refractivity (Wildman–Crippen MR) is 241 cm³/mol. The summed E-state index contributed by atoms with van der Waals surface area (Å²) >= 11 is 0. The maximum absolute atomic E-state index is 13.3. The van der Waals surface area contributed by atoms with Gasteiger partial charge in [0.1, 0.15) is 0 Å². The molecule has 0 amide bonds. The van der Waals surface area contributed by atoms with Crippen LogP contribution in [0.4, 0.5) is 0 Å². The Morgan fingerprint density at radius 1 is 0.500 bits per heavy atom. The van der Waals surface area contributed by atoms with Crippen LogP contribution in [-0.4, -0.2) is 26.2 Å². The molecular formula is C55H68O5. The van der Waals surface area contributed by atoms with E-state index in [2.05, 4.69) is 92.6 Å². The van der Waals surface area contributed by atoms with Crippen LogP contribution in [0.1, 0.15) is 202 Å². The largest absolute Gasteiger partial charge is 0.386 e. The fourth-order valence-corrected chi connectivity index (χ4v) is 11.8. The summed E-state index contributed by atoms with van der Waals surface area (Å²) in [5.41, 5.74) is 12.7. The second-order valence-electron chi connectivity index (χ2n) is 21.7. The van der Waals surface area contributed by atoms with Crippen LogP contribution in [-0.2, 0) is 47.1 Å². The fraction of sp³-hybridized carbons (Fsp3) is 0.527. The van der Waals surface area contributed by atoms with Gasteiger partial charge in [-0.1, -0.05) is 110 Å². The molecule has 0 N–H and O–H groups in total. The summed E-state index contributed by atoms with van der Waals surface area (Å²) in [5, 5.41) is 0. The number of hydrogen-bond acceptors (Lipinski definition) is 5. The summed E-state index contributed by atoms with van der Waals surface area (Å²) in [5.74, 6) is -0.555. The molecule has 4 aliphatic carbocycles. The predicted octanol–water partition coefficient (Wildman–Crippen LogP) is 13.3. The van der Waals surface area contributed by atoms with Crippen LogP contribution < -0.4 is 0 Å². The van der Waals surface area contributed by atoms with Crippen molar-refractivity contribution in [2.24, 2.45) is 0 Å². The Morgan fingerprint density at radius 3 is 1.40 bits per heavy atom. The van der Waals surface area contributed by atoms with Gasteiger partial charge in [-0.2, -0.15) is 0 Å². The minimum Gasteiger partial charge on any atom is -0.386 e. The Labute approximate surface area is 360 Å². The highest BCUT2D eigenvalue weighted by Gasteiger charge is 2.45. The SMILES string of the molecule is COC1(c2ccc(C(=O)OC(=O)c3ccc(C4(OC)CCC(c5cc6c(cc5C)C(C)(C)CCC6(C)C)C4)cc3)cc2)CCC(c2ccc3c(c2)C(C)(C)CCC3(C)C)C1. The van der Waals surface area contributed by atoms with E-state index in [1.54, 1.807) is 38.5 Å². The molecule has 2 fully saturated rings. The lowest BCUT2D eigenvalue weighted by atomic mass is 9.62. The molecule has 4 unspecified atom stereocenters. The Balaban J connectivity index is 0.921. The minimum absolute atomic E-state index is 0.157. The molecule has 0 heterocycles. The minimum atomic E-state index is -0.662. The van der Waals surface area contributed by atoms with Crippen molar-refractivity contribution in [3.63, 3.8) is 0 Å². The topological polar surface area (TPSA) is 61.8 Å². The molecule has 2 saturated carbocycles. The molecule has 5 nitrogen and oxygen atoms in total. The molecule has 5 heteroatoms. The van der Waals surface area contributed by atoms with E-state index in [0.717, 1.165) is 49.7 Å². The lowest BCUT2D eigenvalue weighted by Crippen LogP contribution is -2.34. The van der Waals surface area contributed by atoms with Gasteiger partial charge in [0.2, 0.25) is 0 Å². The molecule has 8 rings (SSSR count). The molecule has 0 saturated heterocycles. The first-order chi connectivity index (χ1) is 28.2. The molecule has 4 aromatic rings. The van der Waals surface area contributed by atoms with Gasteiger partial charge in [-0.15, -0.1) is 0 Å². The van der Waals surface area contributed by atoms with Crippen LogP contribution in [0, 0.1) is 6.92 Å². The van der Waals surface area contributed by atoms with Gasteiger partial charge in [-0.05, 0) is 179 Å². The highest BCUT2D eigenvalue weighted by Crippen LogP contribution is 2.54. The van der Waals surface area contributed by atoms with E-state index in [9.17, 15) is 9.59 Å². The van der Waals surface area contributed by atoms with Gasteiger partial charge in [-0.25, -0.2) is 9.59 Å². The average molecular weight is 809 g/mol. The van der Waals surface area contributed by atoms with Crippen LogP contribution in [0.2, 0.25) is 0 Å². The maximum atomic E-state index is 13.3. The number of esters is 2. The zero-order valence-electron chi connectivity index (χ0n) is 38.3. The van der Waals surface area contributed by atoms with Crippen LogP contribution in [0.25, 0.3) is 0 Å². The molecule has 0 bridgehead atoms. The van der Waals surface area contributed by atoms with Gasteiger partial charge in [-0.3, -0.25) is 0 Å². The summed E-state index contributed by atoms with van der Waals surface area (Å²) in [7, 11) is 3.60. The van der Waals surface area contributed by atoms with Crippen molar-refractivity contribution in [2.75, 3.05) is 14.2 Å². The third-order valence-corrected chi connectivity index (χ3v) is 16.2. The van der Waals surface area contributed by atoms with Gasteiger partial charge in [0.05, 0.1) is 22.3 Å². The second-order valence-corrected chi connectivity index (χ2v) is 21.7. The average Bonchev–Trinajstić information content (AvgIpc) is 3.88. The van der Waals surface area contributed by atoms with E-state index in [0.29, 0.717) is 23.0 Å². The normalized spacial score (nSPS) is 27.2. The third kappa shape index (κ3) is 7.40. The number of aryl methyl sites for hydroxylation is 1. The van der Waals surface area contributed by atoms with Gasteiger partial charge in [0.25, 0.3) is 0 Å². The van der Waals surface area contributed by atoms with Crippen molar-refractivity contribution in [2.45, 2.75) is 171 Å². The summed E-state index contributed by atoms with van der Waals surface area (Å²) in [4.78, 5) is 26.6. The fourth-order valence-electron chi connectivity index (χ4n) is 11.8. The van der Waals surface area contributed by atoms with E-state index in [4.69, 9.17) is 14.2 Å². The molecular weight excluding hydrogens is 741 g/mol. The molecule has 4 aromatic carbocycles. The first-order valence-electron chi connectivity index (χ1n) is 22.6. The number of rotatable bonds is 8. The number of hydrogen-bond donors (Lipinski definition) is 0. The molecule has 60 heavy (non-hydrogen) atoms. The number of ether oxygens (including phenoxy) is 3. The number of benzene rings is 4. The van der Waals surface area contributed by atoms with Crippen molar-refractivity contribution in [3.8, 4) is 0 Å². The summed E-state index contributed by atoms with van der Waals surface area (Å²) < 4.78 is 18.1. The molecule has 0 radical (unpaired) electrons. The van der Waals surface area contributed by atoms with Gasteiger partial charge in [0.15, 0.2) is 0 Å². The molecule has 0 aliphatic heterocycles. The first-order valence-corrected chi connectivity index (χ1v) is 22.6. The highest BCUT2D eigenvalue weighted by atomic mass is 16.6. The van der Waals surface area contributed by atoms with E-state index in [1.165, 1.54) is 64.6 Å². The van der Waals surface area contributed by atoms with Gasteiger partial charge < -0.3 is 14.2 Å². The van der Waals surface area contributed by atoms with E-state index in [1.807, 2.05) is 24.3 Å².